The minimum Gasteiger partial charge on any atom is -0.370 e. The molecule has 1 aromatic carbocycles. The third kappa shape index (κ3) is 4.03. The molecular weight excluding hydrogens is 308 g/mol. The average Bonchev–Trinajstić information content (AvgIpc) is 2.45. The standard InChI is InChI=1S/C14H19BrN2O2/c15-12-5-3-11(4-6-12)13-10-17(8-9-19-13)14(18)2-1-7-16/h3-6,13H,1-2,7-10,16H2. The number of carbonyl (C=O) groups is 1. The zero-order valence-corrected chi connectivity index (χ0v) is 12.4. The molecule has 2 rings (SSSR count). The first kappa shape index (κ1) is 14.5. The molecule has 0 saturated carbocycles. The molecule has 1 aliphatic heterocycles. The number of hydrogen-bond acceptors (Lipinski definition) is 3. The lowest BCUT2D eigenvalue weighted by atomic mass is 10.1. The Labute approximate surface area is 122 Å². The van der Waals surface area contributed by atoms with Crippen molar-refractivity contribution in [3.8, 4) is 0 Å². The zero-order valence-electron chi connectivity index (χ0n) is 10.8. The van der Waals surface area contributed by atoms with E-state index in [2.05, 4.69) is 15.9 Å². The van der Waals surface area contributed by atoms with Crippen molar-refractivity contribution in [1.29, 1.82) is 0 Å². The molecule has 1 aliphatic rings. The smallest absolute Gasteiger partial charge is 0.222 e. The molecular formula is C14H19BrN2O2. The lowest BCUT2D eigenvalue weighted by Gasteiger charge is -2.33. The summed E-state index contributed by atoms with van der Waals surface area (Å²) in [7, 11) is 0. The molecule has 2 N–H and O–H groups in total. The molecule has 1 saturated heterocycles. The van der Waals surface area contributed by atoms with E-state index in [1.807, 2.05) is 29.2 Å². The highest BCUT2D eigenvalue weighted by atomic mass is 79.9. The predicted molar refractivity (Wildman–Crippen MR) is 77.7 cm³/mol. The van der Waals surface area contributed by atoms with E-state index < -0.39 is 0 Å². The lowest BCUT2D eigenvalue weighted by Crippen LogP contribution is -2.42. The molecule has 1 heterocycles. The number of hydrogen-bond donors (Lipinski definition) is 1. The Morgan fingerprint density at radius 3 is 2.84 bits per heavy atom. The first-order chi connectivity index (χ1) is 9.20. The number of nitrogens with two attached hydrogens (primary N) is 1. The normalized spacial score (nSPS) is 19.5. The summed E-state index contributed by atoms with van der Waals surface area (Å²) >= 11 is 3.42. The van der Waals surface area contributed by atoms with Crippen LogP contribution < -0.4 is 5.73 Å². The van der Waals surface area contributed by atoms with Crippen LogP contribution >= 0.6 is 15.9 Å². The molecule has 0 aromatic heterocycles. The fourth-order valence-corrected chi connectivity index (χ4v) is 2.43. The van der Waals surface area contributed by atoms with Gasteiger partial charge in [-0.15, -0.1) is 0 Å². The molecule has 5 heteroatoms. The number of carbonyl (C=O) groups excluding carboxylic acids is 1. The van der Waals surface area contributed by atoms with Gasteiger partial charge in [-0.1, -0.05) is 28.1 Å². The van der Waals surface area contributed by atoms with Crippen molar-refractivity contribution in [2.45, 2.75) is 18.9 Å². The van der Waals surface area contributed by atoms with Gasteiger partial charge >= 0.3 is 0 Å². The van der Waals surface area contributed by atoms with Crippen LogP contribution in [0.2, 0.25) is 0 Å². The number of halogens is 1. The van der Waals surface area contributed by atoms with Crippen LogP contribution in [0.4, 0.5) is 0 Å². The molecule has 4 nitrogen and oxygen atoms in total. The second kappa shape index (κ2) is 7.03. The summed E-state index contributed by atoms with van der Waals surface area (Å²) in [5.74, 6) is 0.177. The first-order valence-electron chi connectivity index (χ1n) is 6.55. The zero-order chi connectivity index (χ0) is 13.7. The summed E-state index contributed by atoms with van der Waals surface area (Å²) in [6.07, 6.45) is 1.26. The molecule has 1 atom stereocenters. The molecule has 0 aliphatic carbocycles. The summed E-state index contributed by atoms with van der Waals surface area (Å²) in [4.78, 5) is 13.9. The maximum Gasteiger partial charge on any atom is 0.222 e. The van der Waals surface area contributed by atoms with Crippen molar-refractivity contribution in [1.82, 2.24) is 4.90 Å². The molecule has 0 bridgehead atoms. The van der Waals surface area contributed by atoms with Crippen LogP contribution in [0.25, 0.3) is 0 Å². The number of rotatable bonds is 4. The van der Waals surface area contributed by atoms with E-state index in [1.54, 1.807) is 0 Å². The summed E-state index contributed by atoms with van der Waals surface area (Å²) in [6.45, 7) is 2.46. The van der Waals surface area contributed by atoms with Gasteiger partial charge in [0.2, 0.25) is 5.91 Å². The predicted octanol–water partition coefficient (Wildman–Crippen LogP) is 2.09. The Balaban J connectivity index is 1.96. The fraction of sp³-hybridized carbons (Fsp3) is 0.500. The Bertz CT molecular complexity index is 422. The van der Waals surface area contributed by atoms with Gasteiger partial charge in [0.25, 0.3) is 0 Å². The van der Waals surface area contributed by atoms with Crippen LogP contribution in [0.3, 0.4) is 0 Å². The monoisotopic (exact) mass is 326 g/mol. The van der Waals surface area contributed by atoms with Crippen LogP contribution in [0.15, 0.2) is 28.7 Å². The number of amides is 1. The Morgan fingerprint density at radius 1 is 1.42 bits per heavy atom. The Hall–Kier alpha value is -0.910. The largest absolute Gasteiger partial charge is 0.370 e. The van der Waals surface area contributed by atoms with E-state index in [-0.39, 0.29) is 12.0 Å². The molecule has 19 heavy (non-hydrogen) atoms. The van der Waals surface area contributed by atoms with Crippen molar-refractivity contribution in [2.24, 2.45) is 5.73 Å². The molecule has 104 valence electrons. The molecule has 1 fully saturated rings. The van der Waals surface area contributed by atoms with Crippen LogP contribution in [0, 0.1) is 0 Å². The molecule has 0 spiro atoms. The van der Waals surface area contributed by atoms with Gasteiger partial charge in [-0.25, -0.2) is 0 Å². The molecule has 1 aromatic rings. The van der Waals surface area contributed by atoms with Gasteiger partial charge in [0.15, 0.2) is 0 Å². The third-order valence-corrected chi connectivity index (χ3v) is 3.78. The lowest BCUT2D eigenvalue weighted by molar-refractivity contribution is -0.139. The topological polar surface area (TPSA) is 55.6 Å². The van der Waals surface area contributed by atoms with Crippen molar-refractivity contribution in [3.63, 3.8) is 0 Å². The van der Waals surface area contributed by atoms with Gasteiger partial charge in [0.05, 0.1) is 13.2 Å². The van der Waals surface area contributed by atoms with Gasteiger partial charge in [-0.2, -0.15) is 0 Å². The van der Waals surface area contributed by atoms with Crippen molar-refractivity contribution < 1.29 is 9.53 Å². The van der Waals surface area contributed by atoms with E-state index >= 15 is 0 Å². The third-order valence-electron chi connectivity index (χ3n) is 3.26. The minimum absolute atomic E-state index is 0.0244. The summed E-state index contributed by atoms with van der Waals surface area (Å²) in [6, 6.07) is 8.05. The number of morpholine rings is 1. The van der Waals surface area contributed by atoms with Crippen LogP contribution in [-0.2, 0) is 9.53 Å². The van der Waals surface area contributed by atoms with Crippen LogP contribution in [0.5, 0.6) is 0 Å². The van der Waals surface area contributed by atoms with Crippen LogP contribution in [-0.4, -0.2) is 37.0 Å². The average molecular weight is 327 g/mol. The summed E-state index contributed by atoms with van der Waals surface area (Å²) in [5.41, 5.74) is 6.55. The van der Waals surface area contributed by atoms with E-state index in [4.69, 9.17) is 10.5 Å². The van der Waals surface area contributed by atoms with Crippen molar-refractivity contribution in [3.05, 3.63) is 34.3 Å². The van der Waals surface area contributed by atoms with Crippen molar-refractivity contribution in [2.75, 3.05) is 26.2 Å². The van der Waals surface area contributed by atoms with E-state index in [9.17, 15) is 4.79 Å². The maximum absolute atomic E-state index is 12.0. The van der Waals surface area contributed by atoms with Gasteiger partial charge < -0.3 is 15.4 Å². The SMILES string of the molecule is NCCCC(=O)N1CCOC(c2ccc(Br)cc2)C1. The van der Waals surface area contributed by atoms with Gasteiger partial charge in [0.1, 0.15) is 6.10 Å². The molecule has 1 amide bonds. The fourth-order valence-electron chi connectivity index (χ4n) is 2.17. The first-order valence-corrected chi connectivity index (χ1v) is 7.35. The van der Waals surface area contributed by atoms with Crippen LogP contribution in [0.1, 0.15) is 24.5 Å². The van der Waals surface area contributed by atoms with E-state index in [1.165, 1.54) is 0 Å². The number of benzene rings is 1. The number of ether oxygens (including phenoxy) is 1. The van der Waals surface area contributed by atoms with E-state index in [0.29, 0.717) is 32.7 Å². The quantitative estimate of drug-likeness (QED) is 0.921. The van der Waals surface area contributed by atoms with Crippen molar-refractivity contribution >= 4 is 21.8 Å². The molecule has 1 unspecified atom stereocenters. The Kier molecular flexibility index (Phi) is 5.36. The Morgan fingerprint density at radius 2 is 2.16 bits per heavy atom. The second-order valence-corrected chi connectivity index (χ2v) is 5.56. The highest BCUT2D eigenvalue weighted by Crippen LogP contribution is 2.24. The van der Waals surface area contributed by atoms with Gasteiger partial charge in [-0.05, 0) is 30.7 Å². The van der Waals surface area contributed by atoms with Gasteiger partial charge in [0, 0.05) is 17.4 Å². The summed E-state index contributed by atoms with van der Waals surface area (Å²) < 4.78 is 6.80. The highest BCUT2D eigenvalue weighted by molar-refractivity contribution is 9.10. The minimum atomic E-state index is -0.0244. The number of nitrogens with zero attached hydrogens (tertiary/aromatic N) is 1. The second-order valence-electron chi connectivity index (χ2n) is 4.64. The maximum atomic E-state index is 12.0. The van der Waals surface area contributed by atoms with E-state index in [0.717, 1.165) is 16.5 Å². The van der Waals surface area contributed by atoms with Gasteiger partial charge in [-0.3, -0.25) is 4.79 Å². The molecule has 0 radical (unpaired) electrons. The summed E-state index contributed by atoms with van der Waals surface area (Å²) in [5, 5.41) is 0. The highest BCUT2D eigenvalue weighted by Gasteiger charge is 2.24.